The van der Waals surface area contributed by atoms with Crippen LogP contribution in [0.15, 0.2) is 47.0 Å². The van der Waals surface area contributed by atoms with Crippen LogP contribution in [0.3, 0.4) is 0 Å². The highest BCUT2D eigenvalue weighted by atomic mass is 16.5. The third kappa shape index (κ3) is 2.72. The summed E-state index contributed by atoms with van der Waals surface area (Å²) in [6, 6.07) is 9.53. The van der Waals surface area contributed by atoms with Crippen molar-refractivity contribution >= 4 is 23.3 Å². The Hall–Kier alpha value is -2.93. The molecule has 0 radical (unpaired) electrons. The van der Waals surface area contributed by atoms with Crippen molar-refractivity contribution in [2.24, 2.45) is 11.8 Å². The molecule has 3 aliphatic heterocycles. The lowest BCUT2D eigenvalue weighted by atomic mass is 9.76. The normalized spacial score (nSPS) is 29.7. The van der Waals surface area contributed by atoms with Crippen LogP contribution in [0.5, 0.6) is 0 Å². The van der Waals surface area contributed by atoms with Crippen molar-refractivity contribution in [1.29, 1.82) is 0 Å². The van der Waals surface area contributed by atoms with E-state index in [1.807, 2.05) is 36.4 Å². The van der Waals surface area contributed by atoms with Gasteiger partial charge in [0.2, 0.25) is 11.8 Å². The summed E-state index contributed by atoms with van der Waals surface area (Å²) < 4.78 is 11.3. The van der Waals surface area contributed by atoms with E-state index >= 15 is 0 Å². The summed E-state index contributed by atoms with van der Waals surface area (Å²) in [4.78, 5) is 27.9. The number of aryl methyl sites for hydroxylation is 1. The summed E-state index contributed by atoms with van der Waals surface area (Å²) in [5.41, 5.74) is 1.14. The minimum absolute atomic E-state index is 0.152. The number of carbonyl (C=O) groups is 2. The largest absolute Gasteiger partial charge is 0.360 e. The van der Waals surface area contributed by atoms with Crippen molar-refractivity contribution in [2.75, 3.05) is 16.8 Å². The van der Waals surface area contributed by atoms with Gasteiger partial charge in [0.1, 0.15) is 11.4 Å². The summed E-state index contributed by atoms with van der Waals surface area (Å²) in [6.45, 7) is 6.36. The van der Waals surface area contributed by atoms with Crippen LogP contribution in [0.2, 0.25) is 0 Å². The number of aromatic nitrogens is 1. The van der Waals surface area contributed by atoms with Gasteiger partial charge in [0, 0.05) is 11.8 Å². The van der Waals surface area contributed by atoms with Gasteiger partial charge in [0.25, 0.3) is 0 Å². The van der Waals surface area contributed by atoms with E-state index in [9.17, 15) is 9.59 Å². The van der Waals surface area contributed by atoms with Gasteiger partial charge >= 0.3 is 0 Å². The number of rotatable bonds is 4. The first-order valence-electron chi connectivity index (χ1n) is 9.91. The van der Waals surface area contributed by atoms with Crippen LogP contribution in [0.4, 0.5) is 11.5 Å². The second-order valence-corrected chi connectivity index (χ2v) is 8.39. The number of amides is 2. The maximum absolute atomic E-state index is 13.2. The molecule has 1 aromatic carbocycles. The van der Waals surface area contributed by atoms with E-state index in [1.165, 1.54) is 5.56 Å². The van der Waals surface area contributed by atoms with Gasteiger partial charge in [-0.15, -0.1) is 0 Å². The molecule has 7 heteroatoms. The van der Waals surface area contributed by atoms with Gasteiger partial charge in [-0.3, -0.25) is 14.5 Å². The molecule has 2 saturated heterocycles. The number of anilines is 2. The van der Waals surface area contributed by atoms with Crippen LogP contribution in [-0.4, -0.2) is 35.2 Å². The van der Waals surface area contributed by atoms with Crippen LogP contribution >= 0.6 is 0 Å². The molecule has 2 aromatic rings. The number of fused-ring (bicyclic) bond motifs is 1. The SMILES string of the molecule is Cc1cc(N2C[C@@]34C=C[C@@H](O3)[C@@H](C(=O)Nc3ccc(C(C)C)cc3)[C@H]4C2=O)no1. The molecule has 1 N–H and O–H groups in total. The number of nitrogens with zero attached hydrogens (tertiary/aromatic N) is 2. The van der Waals surface area contributed by atoms with E-state index < -0.39 is 17.4 Å². The molecular weight excluding hydrogens is 370 g/mol. The summed E-state index contributed by atoms with van der Waals surface area (Å²) >= 11 is 0. The van der Waals surface area contributed by atoms with Gasteiger partial charge in [0.15, 0.2) is 5.82 Å². The first-order valence-corrected chi connectivity index (χ1v) is 9.91. The van der Waals surface area contributed by atoms with E-state index in [1.54, 1.807) is 17.9 Å². The van der Waals surface area contributed by atoms with E-state index in [-0.39, 0.29) is 17.9 Å². The molecule has 5 rings (SSSR count). The van der Waals surface area contributed by atoms with Gasteiger partial charge in [-0.25, -0.2) is 0 Å². The second-order valence-electron chi connectivity index (χ2n) is 8.39. The highest BCUT2D eigenvalue weighted by molar-refractivity contribution is 6.05. The van der Waals surface area contributed by atoms with Crippen LogP contribution in [0.1, 0.15) is 31.1 Å². The molecule has 0 saturated carbocycles. The lowest BCUT2D eigenvalue weighted by Gasteiger charge is -2.23. The first-order chi connectivity index (χ1) is 13.9. The zero-order valence-corrected chi connectivity index (χ0v) is 16.6. The fourth-order valence-electron chi connectivity index (χ4n) is 4.65. The number of nitrogens with one attached hydrogen (secondary N) is 1. The quantitative estimate of drug-likeness (QED) is 0.807. The Morgan fingerprint density at radius 1 is 1.31 bits per heavy atom. The van der Waals surface area contributed by atoms with Crippen LogP contribution in [0.25, 0.3) is 0 Å². The average Bonchev–Trinajstić information content (AvgIpc) is 3.43. The Morgan fingerprint density at radius 3 is 2.72 bits per heavy atom. The predicted octanol–water partition coefficient (Wildman–Crippen LogP) is 3.03. The average molecular weight is 393 g/mol. The highest BCUT2D eigenvalue weighted by Crippen LogP contribution is 2.52. The summed E-state index contributed by atoms with van der Waals surface area (Å²) in [6.07, 6.45) is 3.43. The van der Waals surface area contributed by atoms with Gasteiger partial charge in [-0.2, -0.15) is 0 Å². The van der Waals surface area contributed by atoms with Gasteiger partial charge in [0.05, 0.1) is 24.5 Å². The number of carbonyl (C=O) groups excluding carboxylic acids is 2. The Labute approximate surface area is 168 Å². The number of hydrogen-bond acceptors (Lipinski definition) is 5. The summed E-state index contributed by atoms with van der Waals surface area (Å²) in [7, 11) is 0. The van der Waals surface area contributed by atoms with Crippen molar-refractivity contribution in [3.05, 3.63) is 53.8 Å². The van der Waals surface area contributed by atoms with E-state index in [0.717, 1.165) is 5.69 Å². The monoisotopic (exact) mass is 393 g/mol. The lowest BCUT2D eigenvalue weighted by molar-refractivity contribution is -0.128. The van der Waals surface area contributed by atoms with Crippen molar-refractivity contribution < 1.29 is 18.8 Å². The first kappa shape index (κ1) is 18.1. The van der Waals surface area contributed by atoms with Crippen LogP contribution in [-0.2, 0) is 14.3 Å². The Bertz CT molecular complexity index is 1010. The van der Waals surface area contributed by atoms with Gasteiger partial charge in [-0.1, -0.05) is 43.3 Å². The van der Waals surface area contributed by atoms with Crippen molar-refractivity contribution in [1.82, 2.24) is 5.16 Å². The molecule has 0 unspecified atom stereocenters. The van der Waals surface area contributed by atoms with Crippen LogP contribution < -0.4 is 10.2 Å². The minimum Gasteiger partial charge on any atom is -0.360 e. The molecule has 2 fully saturated rings. The molecule has 4 atom stereocenters. The Balaban J connectivity index is 1.39. The minimum atomic E-state index is -0.780. The third-order valence-corrected chi connectivity index (χ3v) is 6.14. The van der Waals surface area contributed by atoms with Crippen molar-refractivity contribution in [2.45, 2.75) is 38.4 Å². The van der Waals surface area contributed by atoms with Crippen molar-refractivity contribution in [3.63, 3.8) is 0 Å². The van der Waals surface area contributed by atoms with Gasteiger partial charge in [-0.05, 0) is 30.5 Å². The number of benzene rings is 1. The Morgan fingerprint density at radius 2 is 2.07 bits per heavy atom. The third-order valence-electron chi connectivity index (χ3n) is 6.14. The maximum atomic E-state index is 13.2. The van der Waals surface area contributed by atoms with Crippen molar-refractivity contribution in [3.8, 4) is 0 Å². The fourth-order valence-corrected chi connectivity index (χ4v) is 4.65. The molecule has 1 aromatic heterocycles. The predicted molar refractivity (Wildman–Crippen MR) is 106 cm³/mol. The standard InChI is InChI=1S/C22H23N3O4/c1-12(2)14-4-6-15(7-5-14)23-20(26)18-16-8-9-22(28-16)11-25(21(27)19(18)22)17-10-13(3)29-24-17/h4-10,12,16,18-19H,11H2,1-3H3,(H,23,26)/t16-,18-,19+,22-/m1/s1. The molecule has 150 valence electrons. The summed E-state index contributed by atoms with van der Waals surface area (Å²) in [5, 5.41) is 6.93. The molecule has 29 heavy (non-hydrogen) atoms. The topological polar surface area (TPSA) is 84.7 Å². The molecule has 4 heterocycles. The van der Waals surface area contributed by atoms with E-state index in [0.29, 0.717) is 24.0 Å². The van der Waals surface area contributed by atoms with E-state index in [2.05, 4.69) is 24.3 Å². The Kier molecular flexibility index (Phi) is 3.93. The zero-order chi connectivity index (χ0) is 20.3. The molecule has 3 aliphatic rings. The van der Waals surface area contributed by atoms with Crippen LogP contribution in [0, 0.1) is 18.8 Å². The summed E-state index contributed by atoms with van der Waals surface area (Å²) in [5.74, 6) is 0.0172. The van der Waals surface area contributed by atoms with Gasteiger partial charge < -0.3 is 14.6 Å². The molecule has 0 aliphatic carbocycles. The second kappa shape index (κ2) is 6.29. The molecule has 2 bridgehead atoms. The zero-order valence-electron chi connectivity index (χ0n) is 16.6. The number of ether oxygens (including phenoxy) is 1. The maximum Gasteiger partial charge on any atom is 0.235 e. The molecule has 2 amide bonds. The van der Waals surface area contributed by atoms with E-state index in [4.69, 9.17) is 9.26 Å². The highest BCUT2D eigenvalue weighted by Gasteiger charge is 2.67. The molecule has 7 nitrogen and oxygen atoms in total. The fraction of sp³-hybridized carbons (Fsp3) is 0.409. The number of hydrogen-bond donors (Lipinski definition) is 1. The lowest BCUT2D eigenvalue weighted by Crippen LogP contribution is -2.41. The smallest absolute Gasteiger partial charge is 0.235 e. The molecule has 1 spiro atoms. The molecular formula is C22H23N3O4.